The molecule has 0 saturated carbocycles. The lowest BCUT2D eigenvalue weighted by atomic mass is 10.1. The second-order valence-electron chi connectivity index (χ2n) is 8.34. The Kier molecular flexibility index (Phi) is 6.01. The first-order chi connectivity index (χ1) is 16.9. The highest BCUT2D eigenvalue weighted by Gasteiger charge is 2.29. The van der Waals surface area contributed by atoms with E-state index in [1.807, 2.05) is 4.90 Å². The zero-order chi connectivity index (χ0) is 24.5. The molecule has 4 N–H and O–H groups in total. The van der Waals surface area contributed by atoms with Gasteiger partial charge in [-0.15, -0.1) is 0 Å². The van der Waals surface area contributed by atoms with E-state index in [0.29, 0.717) is 34.5 Å². The summed E-state index contributed by atoms with van der Waals surface area (Å²) in [5, 5.41) is 21.9. The standard InChI is InChI=1S/C24H24FN7O3/c1-2-19(33)31-11-3-4-16(13-31)32-22-20(23(26)28-29-24(22)34)21(30-32)14-5-8-17(9-6-14)35-18-10-7-15(25)12-27-18/h2,5-10,12,16,19,33H,1,3-4,11,13H2,(H2,26,28)(H,29,34)/t16-,19?/m1/s1. The molecular weight excluding hydrogens is 453 g/mol. The number of fused-ring (bicyclic) bond motifs is 1. The lowest BCUT2D eigenvalue weighted by molar-refractivity contribution is 0.0127. The van der Waals surface area contributed by atoms with Gasteiger partial charge in [0.05, 0.1) is 17.6 Å². The molecule has 10 nitrogen and oxygen atoms in total. The number of H-pyrrole nitrogens is 1. The number of likely N-dealkylation sites (tertiary alicyclic amines) is 1. The van der Waals surface area contributed by atoms with Crippen molar-refractivity contribution in [2.45, 2.75) is 25.1 Å². The summed E-state index contributed by atoms with van der Waals surface area (Å²) in [6, 6.07) is 9.59. The summed E-state index contributed by atoms with van der Waals surface area (Å²) in [6.45, 7) is 4.89. The number of ether oxygens (including phenoxy) is 1. The minimum absolute atomic E-state index is 0.148. The number of pyridine rings is 1. The van der Waals surface area contributed by atoms with Crippen LogP contribution in [-0.4, -0.2) is 54.3 Å². The number of hydrogen-bond acceptors (Lipinski definition) is 8. The highest BCUT2D eigenvalue weighted by molar-refractivity contribution is 5.99. The van der Waals surface area contributed by atoms with Crippen LogP contribution in [-0.2, 0) is 0 Å². The molecule has 4 aromatic rings. The SMILES string of the molecule is C=CC(O)N1CCC[C@@H](n2nc(-c3ccc(Oc4ccc(F)cn4)cc3)c3c(N)n[nH]c(=O)c32)C1. The Morgan fingerprint density at radius 2 is 2.09 bits per heavy atom. The number of piperidine rings is 1. The Morgan fingerprint density at radius 1 is 1.29 bits per heavy atom. The van der Waals surface area contributed by atoms with Crippen molar-refractivity contribution in [1.29, 1.82) is 0 Å². The molecule has 0 amide bonds. The molecule has 1 aliphatic rings. The van der Waals surface area contributed by atoms with E-state index in [4.69, 9.17) is 15.6 Å². The van der Waals surface area contributed by atoms with Crippen molar-refractivity contribution in [1.82, 2.24) is 29.9 Å². The molecule has 1 aliphatic heterocycles. The van der Waals surface area contributed by atoms with Crippen LogP contribution in [0.5, 0.6) is 11.6 Å². The van der Waals surface area contributed by atoms with Crippen LogP contribution in [0.3, 0.4) is 0 Å². The van der Waals surface area contributed by atoms with Crippen LogP contribution >= 0.6 is 0 Å². The smallest absolute Gasteiger partial charge is 0.290 e. The second kappa shape index (κ2) is 9.28. The van der Waals surface area contributed by atoms with Crippen molar-refractivity contribution in [2.75, 3.05) is 18.8 Å². The van der Waals surface area contributed by atoms with E-state index in [9.17, 15) is 14.3 Å². The minimum atomic E-state index is -0.771. The Morgan fingerprint density at radius 3 is 2.80 bits per heavy atom. The largest absolute Gasteiger partial charge is 0.439 e. The second-order valence-corrected chi connectivity index (χ2v) is 8.34. The molecule has 5 rings (SSSR count). The first kappa shape index (κ1) is 22.7. The third-order valence-corrected chi connectivity index (χ3v) is 6.07. The van der Waals surface area contributed by atoms with Crippen molar-refractivity contribution in [3.8, 4) is 22.9 Å². The molecule has 1 fully saturated rings. The van der Waals surface area contributed by atoms with Gasteiger partial charge in [0.15, 0.2) is 5.82 Å². The fourth-order valence-electron chi connectivity index (χ4n) is 4.38. The predicted octanol–water partition coefficient (Wildman–Crippen LogP) is 2.84. The van der Waals surface area contributed by atoms with Gasteiger partial charge < -0.3 is 15.6 Å². The number of aromatic nitrogens is 5. The average molecular weight is 478 g/mol. The van der Waals surface area contributed by atoms with Gasteiger partial charge in [0, 0.05) is 24.7 Å². The van der Waals surface area contributed by atoms with Gasteiger partial charge in [-0.3, -0.25) is 14.4 Å². The van der Waals surface area contributed by atoms with Crippen LogP contribution in [0, 0.1) is 5.82 Å². The number of rotatable bonds is 6. The summed E-state index contributed by atoms with van der Waals surface area (Å²) in [5.74, 6) is 0.478. The number of nitrogen functional groups attached to an aromatic ring is 1. The van der Waals surface area contributed by atoms with Crippen molar-refractivity contribution in [2.24, 2.45) is 0 Å². The van der Waals surface area contributed by atoms with Gasteiger partial charge in [-0.1, -0.05) is 6.58 Å². The molecule has 1 unspecified atom stereocenters. The van der Waals surface area contributed by atoms with Crippen LogP contribution < -0.4 is 16.0 Å². The number of nitrogens with zero attached hydrogens (tertiary/aromatic N) is 5. The van der Waals surface area contributed by atoms with Gasteiger partial charge in [-0.25, -0.2) is 14.5 Å². The monoisotopic (exact) mass is 477 g/mol. The molecule has 3 aromatic heterocycles. The molecule has 11 heteroatoms. The maximum absolute atomic E-state index is 13.1. The van der Waals surface area contributed by atoms with Crippen LogP contribution in [0.4, 0.5) is 10.2 Å². The summed E-state index contributed by atoms with van der Waals surface area (Å²) in [6.07, 6.45) is 3.40. The highest BCUT2D eigenvalue weighted by Crippen LogP contribution is 2.34. The molecular formula is C24H24FN7O3. The molecule has 1 saturated heterocycles. The number of halogens is 1. The van der Waals surface area contributed by atoms with E-state index in [1.165, 1.54) is 18.2 Å². The molecule has 180 valence electrons. The van der Waals surface area contributed by atoms with Gasteiger partial charge in [0.2, 0.25) is 5.88 Å². The first-order valence-electron chi connectivity index (χ1n) is 11.2. The number of benzene rings is 1. The molecule has 4 heterocycles. The van der Waals surface area contributed by atoms with E-state index in [2.05, 4.69) is 21.8 Å². The zero-order valence-corrected chi connectivity index (χ0v) is 18.8. The Hall–Kier alpha value is -4.09. The number of anilines is 1. The number of aromatic amines is 1. The summed E-state index contributed by atoms with van der Waals surface area (Å²) >= 11 is 0. The maximum Gasteiger partial charge on any atom is 0.290 e. The third-order valence-electron chi connectivity index (χ3n) is 6.07. The predicted molar refractivity (Wildman–Crippen MR) is 128 cm³/mol. The lowest BCUT2D eigenvalue weighted by Crippen LogP contribution is -2.42. The van der Waals surface area contributed by atoms with Gasteiger partial charge in [0.1, 0.15) is 29.0 Å². The highest BCUT2D eigenvalue weighted by atomic mass is 19.1. The topological polar surface area (TPSA) is 135 Å². The lowest BCUT2D eigenvalue weighted by Gasteiger charge is -2.34. The number of hydrogen-bond donors (Lipinski definition) is 3. The van der Waals surface area contributed by atoms with E-state index in [1.54, 1.807) is 28.9 Å². The molecule has 35 heavy (non-hydrogen) atoms. The maximum atomic E-state index is 13.1. The fraction of sp³-hybridized carbons (Fsp3) is 0.250. The first-order valence-corrected chi connectivity index (χ1v) is 11.2. The van der Waals surface area contributed by atoms with Crippen molar-refractivity contribution < 1.29 is 14.2 Å². The minimum Gasteiger partial charge on any atom is -0.439 e. The van der Waals surface area contributed by atoms with E-state index < -0.39 is 17.6 Å². The van der Waals surface area contributed by atoms with E-state index in [-0.39, 0.29) is 17.7 Å². The van der Waals surface area contributed by atoms with Crippen LogP contribution in [0.1, 0.15) is 18.9 Å². The van der Waals surface area contributed by atoms with Crippen molar-refractivity contribution in [3.63, 3.8) is 0 Å². The molecule has 1 aromatic carbocycles. The fourth-order valence-corrected chi connectivity index (χ4v) is 4.38. The number of aliphatic hydroxyl groups excluding tert-OH is 1. The Labute approximate surface area is 199 Å². The molecule has 2 atom stereocenters. The number of nitrogens with one attached hydrogen (secondary N) is 1. The van der Waals surface area contributed by atoms with Crippen LogP contribution in [0.25, 0.3) is 22.2 Å². The van der Waals surface area contributed by atoms with E-state index >= 15 is 0 Å². The summed E-state index contributed by atoms with van der Waals surface area (Å²) in [5.41, 5.74) is 7.36. The number of nitrogens with two attached hydrogens (primary N) is 1. The summed E-state index contributed by atoms with van der Waals surface area (Å²) in [7, 11) is 0. The zero-order valence-electron chi connectivity index (χ0n) is 18.8. The van der Waals surface area contributed by atoms with Crippen molar-refractivity contribution >= 4 is 16.7 Å². The van der Waals surface area contributed by atoms with Gasteiger partial charge in [-0.2, -0.15) is 10.2 Å². The molecule has 0 spiro atoms. The third kappa shape index (κ3) is 4.38. The Balaban J connectivity index is 1.52. The Bertz CT molecular complexity index is 1420. The summed E-state index contributed by atoms with van der Waals surface area (Å²) in [4.78, 5) is 18.6. The summed E-state index contributed by atoms with van der Waals surface area (Å²) < 4.78 is 20.4. The van der Waals surface area contributed by atoms with Crippen LogP contribution in [0.15, 0.2) is 60.0 Å². The van der Waals surface area contributed by atoms with Gasteiger partial charge >= 0.3 is 0 Å². The quantitative estimate of drug-likeness (QED) is 0.361. The number of aliphatic hydroxyl groups is 1. The van der Waals surface area contributed by atoms with E-state index in [0.717, 1.165) is 25.6 Å². The molecule has 0 radical (unpaired) electrons. The van der Waals surface area contributed by atoms with Crippen LogP contribution in [0.2, 0.25) is 0 Å². The van der Waals surface area contributed by atoms with Crippen molar-refractivity contribution in [3.05, 3.63) is 71.4 Å². The molecule has 0 bridgehead atoms. The average Bonchev–Trinajstić information content (AvgIpc) is 3.30. The van der Waals surface area contributed by atoms with Gasteiger partial charge in [0.25, 0.3) is 5.56 Å². The molecule has 0 aliphatic carbocycles. The normalized spacial score (nSPS) is 17.4. The van der Waals surface area contributed by atoms with Gasteiger partial charge in [-0.05, 0) is 49.2 Å².